The second kappa shape index (κ2) is 7.45. The second-order valence-electron chi connectivity index (χ2n) is 8.71. The van der Waals surface area contributed by atoms with Crippen molar-refractivity contribution in [3.63, 3.8) is 0 Å². The minimum atomic E-state index is -0.539. The van der Waals surface area contributed by atoms with Crippen molar-refractivity contribution in [3.05, 3.63) is 70.3 Å². The maximum absolute atomic E-state index is 14.0. The number of carbonyl (C=O) groups excluding carboxylic acids is 1. The largest absolute Gasteiger partial charge is 0.329 e. The lowest BCUT2D eigenvalue weighted by Gasteiger charge is -2.35. The molecule has 7 nitrogen and oxygen atoms in total. The highest BCUT2D eigenvalue weighted by molar-refractivity contribution is 6.32. The van der Waals surface area contributed by atoms with Gasteiger partial charge in [-0.25, -0.2) is 4.98 Å². The number of amides is 1. The molecule has 0 unspecified atom stereocenters. The molecule has 5 rings (SSSR count). The van der Waals surface area contributed by atoms with E-state index in [1.165, 1.54) is 4.80 Å². The summed E-state index contributed by atoms with van der Waals surface area (Å²) < 4.78 is 2.09. The molecule has 0 saturated carbocycles. The van der Waals surface area contributed by atoms with Crippen LogP contribution in [0.4, 0.5) is 0 Å². The van der Waals surface area contributed by atoms with Crippen LogP contribution in [-0.2, 0) is 12.6 Å². The van der Waals surface area contributed by atoms with E-state index in [1.54, 1.807) is 12.4 Å². The van der Waals surface area contributed by atoms with Crippen molar-refractivity contribution in [2.45, 2.75) is 39.2 Å². The first kappa shape index (κ1) is 20.7. The average Bonchev–Trinajstić information content (AvgIpc) is 3.50. The second-order valence-corrected chi connectivity index (χ2v) is 9.12. The van der Waals surface area contributed by atoms with Gasteiger partial charge in [-0.05, 0) is 63.4 Å². The van der Waals surface area contributed by atoms with E-state index >= 15 is 0 Å². The van der Waals surface area contributed by atoms with Gasteiger partial charge < -0.3 is 9.47 Å². The molecule has 0 aliphatic carbocycles. The number of benzene rings is 2. The Morgan fingerprint density at radius 1 is 1.12 bits per heavy atom. The van der Waals surface area contributed by atoms with Gasteiger partial charge in [-0.3, -0.25) is 4.79 Å². The van der Waals surface area contributed by atoms with Crippen LogP contribution in [-0.4, -0.2) is 41.9 Å². The van der Waals surface area contributed by atoms with E-state index in [0.29, 0.717) is 22.8 Å². The molecule has 3 heterocycles. The van der Waals surface area contributed by atoms with E-state index in [2.05, 4.69) is 21.7 Å². The van der Waals surface area contributed by atoms with Gasteiger partial charge in [0, 0.05) is 18.6 Å². The van der Waals surface area contributed by atoms with Crippen LogP contribution < -0.4 is 0 Å². The van der Waals surface area contributed by atoms with Crippen LogP contribution in [0.5, 0.6) is 0 Å². The summed E-state index contributed by atoms with van der Waals surface area (Å²) in [4.78, 5) is 22.4. The molecule has 4 aromatic rings. The zero-order chi connectivity index (χ0) is 22.6. The zero-order valence-electron chi connectivity index (χ0n) is 18.6. The standard InChI is InChI=1S/C24H25ClN6O/c1-15-6-9-20(31-26-11-12-27-31)17(14-15)22(32)30-13-5-10-24(30,3)23-28-19-8-7-18(25)16(2)21(19)29(23)4/h6-9,11-12,14H,5,10,13H2,1-4H3/t24-/m0/s1. The molecule has 8 heteroatoms. The number of hydrogen-bond donors (Lipinski definition) is 0. The van der Waals surface area contributed by atoms with Crippen molar-refractivity contribution in [1.82, 2.24) is 29.4 Å². The number of halogens is 1. The lowest BCUT2D eigenvalue weighted by atomic mass is 9.96. The lowest BCUT2D eigenvalue weighted by molar-refractivity contribution is 0.0599. The van der Waals surface area contributed by atoms with Crippen molar-refractivity contribution < 1.29 is 4.79 Å². The quantitative estimate of drug-likeness (QED) is 0.460. The van der Waals surface area contributed by atoms with E-state index in [4.69, 9.17) is 16.6 Å². The molecular weight excluding hydrogens is 424 g/mol. The third kappa shape index (κ3) is 3.03. The predicted octanol–water partition coefficient (Wildman–Crippen LogP) is 4.58. The first-order chi connectivity index (χ1) is 15.3. The molecule has 32 heavy (non-hydrogen) atoms. The lowest BCUT2D eigenvalue weighted by Crippen LogP contribution is -2.44. The summed E-state index contributed by atoms with van der Waals surface area (Å²) >= 11 is 6.38. The Morgan fingerprint density at radius 3 is 2.62 bits per heavy atom. The predicted molar refractivity (Wildman–Crippen MR) is 124 cm³/mol. The summed E-state index contributed by atoms with van der Waals surface area (Å²) in [5, 5.41) is 9.21. The zero-order valence-corrected chi connectivity index (χ0v) is 19.4. The Bertz CT molecular complexity index is 1340. The first-order valence-corrected chi connectivity index (χ1v) is 11.1. The molecule has 0 radical (unpaired) electrons. The fourth-order valence-corrected chi connectivity index (χ4v) is 5.11. The van der Waals surface area contributed by atoms with Crippen LogP contribution in [0.15, 0.2) is 42.7 Å². The highest BCUT2D eigenvalue weighted by Gasteiger charge is 2.45. The fourth-order valence-electron chi connectivity index (χ4n) is 4.95. The maximum Gasteiger partial charge on any atom is 0.256 e. The number of rotatable bonds is 3. The molecule has 2 aromatic heterocycles. The SMILES string of the molecule is Cc1ccc(-n2nccn2)c(C(=O)N2CCC[C@@]2(C)c2nc3ccc(Cl)c(C)c3n2C)c1. The van der Waals surface area contributed by atoms with Gasteiger partial charge in [0.05, 0.1) is 40.2 Å². The third-order valence-electron chi connectivity index (χ3n) is 6.61. The van der Waals surface area contributed by atoms with Crippen LogP contribution in [0.3, 0.4) is 0 Å². The van der Waals surface area contributed by atoms with Crippen molar-refractivity contribution in [2.75, 3.05) is 6.54 Å². The van der Waals surface area contributed by atoms with Gasteiger partial charge >= 0.3 is 0 Å². The van der Waals surface area contributed by atoms with Crippen LogP contribution >= 0.6 is 11.6 Å². The number of carbonyl (C=O) groups is 1. The highest BCUT2D eigenvalue weighted by Crippen LogP contribution is 2.41. The molecular formula is C24H25ClN6O. The Balaban J connectivity index is 1.63. The van der Waals surface area contributed by atoms with Crippen LogP contribution in [0.1, 0.15) is 47.1 Å². The molecule has 0 N–H and O–H groups in total. The van der Waals surface area contributed by atoms with E-state index < -0.39 is 5.54 Å². The molecule has 0 bridgehead atoms. The number of aromatic nitrogens is 5. The van der Waals surface area contributed by atoms with Gasteiger partial charge in [-0.1, -0.05) is 23.2 Å². The van der Waals surface area contributed by atoms with E-state index in [1.807, 2.05) is 56.1 Å². The maximum atomic E-state index is 14.0. The highest BCUT2D eigenvalue weighted by atomic mass is 35.5. The van der Waals surface area contributed by atoms with E-state index in [0.717, 1.165) is 40.8 Å². The number of imidazole rings is 1. The minimum absolute atomic E-state index is 0.0391. The number of hydrogen-bond acceptors (Lipinski definition) is 4. The van der Waals surface area contributed by atoms with Gasteiger partial charge in [0.2, 0.25) is 0 Å². The first-order valence-electron chi connectivity index (χ1n) is 10.7. The number of likely N-dealkylation sites (tertiary alicyclic amines) is 1. The normalized spacial score (nSPS) is 18.6. The molecule has 2 aromatic carbocycles. The Morgan fingerprint density at radius 2 is 1.88 bits per heavy atom. The summed E-state index contributed by atoms with van der Waals surface area (Å²) in [5.74, 6) is 0.831. The monoisotopic (exact) mass is 448 g/mol. The Hall–Kier alpha value is -3.19. The van der Waals surface area contributed by atoms with Gasteiger partial charge in [-0.15, -0.1) is 0 Å². The number of aryl methyl sites for hydroxylation is 3. The van der Waals surface area contributed by atoms with Crippen molar-refractivity contribution in [3.8, 4) is 5.69 Å². The Labute approximate surface area is 191 Å². The molecule has 1 aliphatic rings. The molecule has 1 amide bonds. The van der Waals surface area contributed by atoms with Crippen molar-refractivity contribution >= 4 is 28.5 Å². The van der Waals surface area contributed by atoms with Crippen LogP contribution in [0, 0.1) is 13.8 Å². The van der Waals surface area contributed by atoms with E-state index in [9.17, 15) is 4.79 Å². The van der Waals surface area contributed by atoms with Gasteiger partial charge in [0.25, 0.3) is 5.91 Å². The summed E-state index contributed by atoms with van der Waals surface area (Å²) in [6, 6.07) is 9.61. The van der Waals surface area contributed by atoms with E-state index in [-0.39, 0.29) is 5.91 Å². The molecule has 164 valence electrons. The van der Waals surface area contributed by atoms with Crippen LogP contribution in [0.25, 0.3) is 16.7 Å². The number of fused-ring (bicyclic) bond motifs is 1. The van der Waals surface area contributed by atoms with Crippen molar-refractivity contribution in [1.29, 1.82) is 0 Å². The molecule has 0 spiro atoms. The topological polar surface area (TPSA) is 68.8 Å². The summed E-state index contributed by atoms with van der Waals surface area (Å²) in [7, 11) is 2.01. The molecule has 1 saturated heterocycles. The molecule has 1 aliphatic heterocycles. The average molecular weight is 449 g/mol. The van der Waals surface area contributed by atoms with Gasteiger partial charge in [-0.2, -0.15) is 15.0 Å². The third-order valence-corrected chi connectivity index (χ3v) is 7.02. The Kier molecular flexibility index (Phi) is 4.82. The summed E-state index contributed by atoms with van der Waals surface area (Å²) in [5.41, 5.74) is 4.63. The molecule has 1 atom stereocenters. The van der Waals surface area contributed by atoms with Gasteiger partial charge in [0.15, 0.2) is 0 Å². The fraction of sp³-hybridized carbons (Fsp3) is 0.333. The summed E-state index contributed by atoms with van der Waals surface area (Å²) in [6.07, 6.45) is 4.97. The smallest absolute Gasteiger partial charge is 0.256 e. The number of nitrogens with zero attached hydrogens (tertiary/aromatic N) is 6. The van der Waals surface area contributed by atoms with Crippen molar-refractivity contribution in [2.24, 2.45) is 7.05 Å². The van der Waals surface area contributed by atoms with Gasteiger partial charge in [0.1, 0.15) is 5.82 Å². The minimum Gasteiger partial charge on any atom is -0.329 e. The van der Waals surface area contributed by atoms with Crippen LogP contribution in [0.2, 0.25) is 5.02 Å². The summed E-state index contributed by atoms with van der Waals surface area (Å²) in [6.45, 7) is 6.76. The molecule has 1 fully saturated rings.